The number of piperidine rings is 2. The molecule has 3 rings (SSSR count). The Balaban J connectivity index is 1.40. The highest BCUT2D eigenvalue weighted by molar-refractivity contribution is 4.85. The Bertz CT molecular complexity index is 347. The highest BCUT2D eigenvalue weighted by atomic mass is 16.5. The Kier molecular flexibility index (Phi) is 6.36. The van der Waals surface area contributed by atoms with Crippen LogP contribution in [0.4, 0.5) is 0 Å². The van der Waals surface area contributed by atoms with Crippen LogP contribution in [0.25, 0.3) is 0 Å². The lowest BCUT2D eigenvalue weighted by Gasteiger charge is -2.44. The second kappa shape index (κ2) is 8.28. The van der Waals surface area contributed by atoms with Crippen molar-refractivity contribution in [3.8, 4) is 0 Å². The lowest BCUT2D eigenvalue weighted by Crippen LogP contribution is -2.53. The molecule has 0 aromatic carbocycles. The van der Waals surface area contributed by atoms with Gasteiger partial charge in [0.2, 0.25) is 0 Å². The fourth-order valence-corrected chi connectivity index (χ4v) is 4.51. The van der Waals surface area contributed by atoms with Crippen molar-refractivity contribution in [2.45, 2.75) is 51.7 Å². The molecule has 23 heavy (non-hydrogen) atoms. The monoisotopic (exact) mass is 323 g/mol. The van der Waals surface area contributed by atoms with Crippen LogP contribution in [0.1, 0.15) is 39.5 Å². The summed E-state index contributed by atoms with van der Waals surface area (Å²) in [4.78, 5) is 7.94. The largest absolute Gasteiger partial charge is 0.375 e. The minimum Gasteiger partial charge on any atom is -0.375 e. The summed E-state index contributed by atoms with van der Waals surface area (Å²) in [5, 5.41) is 0. The molecule has 0 spiro atoms. The molecule has 3 saturated heterocycles. The van der Waals surface area contributed by atoms with Crippen LogP contribution in [-0.4, -0.2) is 86.3 Å². The van der Waals surface area contributed by atoms with E-state index >= 15 is 0 Å². The minimum absolute atomic E-state index is 0.445. The van der Waals surface area contributed by atoms with Crippen molar-refractivity contribution in [2.24, 2.45) is 11.8 Å². The predicted octanol–water partition coefficient (Wildman–Crippen LogP) is 2.15. The van der Waals surface area contributed by atoms with Gasteiger partial charge in [0.25, 0.3) is 0 Å². The molecule has 0 amide bonds. The number of likely N-dealkylation sites (tertiary alicyclic amines) is 2. The predicted molar refractivity (Wildman–Crippen MR) is 95.8 cm³/mol. The molecule has 0 N–H and O–H groups in total. The van der Waals surface area contributed by atoms with E-state index in [2.05, 4.69) is 35.6 Å². The summed E-state index contributed by atoms with van der Waals surface area (Å²) in [5.74, 6) is 1.58. The first-order valence-electron chi connectivity index (χ1n) is 9.88. The molecule has 4 heteroatoms. The fraction of sp³-hybridized carbons (Fsp3) is 1.00. The van der Waals surface area contributed by atoms with Gasteiger partial charge in [-0.25, -0.2) is 0 Å². The third-order valence-electron chi connectivity index (χ3n) is 6.30. The van der Waals surface area contributed by atoms with Gasteiger partial charge in [-0.2, -0.15) is 0 Å². The topological polar surface area (TPSA) is 19.0 Å². The molecule has 0 unspecified atom stereocenters. The summed E-state index contributed by atoms with van der Waals surface area (Å²) in [5.41, 5.74) is 0. The van der Waals surface area contributed by atoms with Gasteiger partial charge in [0, 0.05) is 25.7 Å². The third-order valence-corrected chi connectivity index (χ3v) is 6.30. The highest BCUT2D eigenvalue weighted by Crippen LogP contribution is 2.24. The van der Waals surface area contributed by atoms with Crippen LogP contribution in [0.5, 0.6) is 0 Å². The van der Waals surface area contributed by atoms with Gasteiger partial charge in [-0.15, -0.1) is 0 Å². The summed E-state index contributed by atoms with van der Waals surface area (Å²) in [6.07, 6.45) is 5.96. The van der Waals surface area contributed by atoms with Gasteiger partial charge in [0.05, 0.1) is 12.7 Å². The molecule has 3 aliphatic rings. The first kappa shape index (κ1) is 17.7. The van der Waals surface area contributed by atoms with E-state index < -0.39 is 0 Å². The molecule has 3 heterocycles. The molecule has 3 fully saturated rings. The van der Waals surface area contributed by atoms with E-state index in [1.54, 1.807) is 0 Å². The number of nitrogens with zero attached hydrogens (tertiary/aromatic N) is 3. The summed E-state index contributed by atoms with van der Waals surface area (Å²) in [6.45, 7) is 14.4. The van der Waals surface area contributed by atoms with E-state index in [0.717, 1.165) is 31.7 Å². The first-order chi connectivity index (χ1) is 11.1. The molecule has 4 nitrogen and oxygen atoms in total. The zero-order valence-corrected chi connectivity index (χ0v) is 15.5. The second-order valence-electron chi connectivity index (χ2n) is 8.43. The number of rotatable bonds is 4. The van der Waals surface area contributed by atoms with E-state index in [1.165, 1.54) is 58.4 Å². The van der Waals surface area contributed by atoms with Crippen molar-refractivity contribution < 1.29 is 4.74 Å². The lowest BCUT2D eigenvalue weighted by molar-refractivity contribution is -0.0705. The second-order valence-corrected chi connectivity index (χ2v) is 8.43. The number of hydrogen-bond acceptors (Lipinski definition) is 4. The van der Waals surface area contributed by atoms with Crippen LogP contribution >= 0.6 is 0 Å². The summed E-state index contributed by atoms with van der Waals surface area (Å²) >= 11 is 0. The minimum atomic E-state index is 0.445. The molecule has 134 valence electrons. The molecule has 0 aromatic heterocycles. The normalized spacial score (nSPS) is 31.0. The Morgan fingerprint density at radius 3 is 2.30 bits per heavy atom. The summed E-state index contributed by atoms with van der Waals surface area (Å²) in [7, 11) is 2.26. The van der Waals surface area contributed by atoms with Crippen molar-refractivity contribution in [2.75, 3.05) is 59.5 Å². The molecule has 1 atom stereocenters. The van der Waals surface area contributed by atoms with Crippen LogP contribution in [0.2, 0.25) is 0 Å². The number of ether oxygens (including phenoxy) is 1. The maximum absolute atomic E-state index is 5.93. The van der Waals surface area contributed by atoms with Gasteiger partial charge < -0.3 is 14.5 Å². The van der Waals surface area contributed by atoms with Crippen LogP contribution in [0.3, 0.4) is 0 Å². The molecule has 0 radical (unpaired) electrons. The van der Waals surface area contributed by atoms with E-state index in [0.29, 0.717) is 12.0 Å². The maximum atomic E-state index is 5.93. The van der Waals surface area contributed by atoms with Crippen LogP contribution < -0.4 is 0 Å². The quantitative estimate of drug-likeness (QED) is 0.789. The van der Waals surface area contributed by atoms with Crippen molar-refractivity contribution in [3.05, 3.63) is 0 Å². The van der Waals surface area contributed by atoms with Crippen molar-refractivity contribution in [1.82, 2.24) is 14.7 Å². The third kappa shape index (κ3) is 4.91. The Morgan fingerprint density at radius 2 is 1.65 bits per heavy atom. The highest BCUT2D eigenvalue weighted by Gasteiger charge is 2.31. The van der Waals surface area contributed by atoms with Crippen molar-refractivity contribution >= 4 is 0 Å². The van der Waals surface area contributed by atoms with E-state index in [-0.39, 0.29) is 0 Å². The van der Waals surface area contributed by atoms with E-state index in [4.69, 9.17) is 4.74 Å². The number of morpholine rings is 1. The molecule has 0 bridgehead atoms. The van der Waals surface area contributed by atoms with E-state index in [9.17, 15) is 0 Å². The smallest absolute Gasteiger partial charge is 0.0725 e. The standard InChI is InChI=1S/C19H37N3O/c1-16(2)19-15-22(12-13-23-19)18-6-10-21(11-7-18)14-17-4-8-20(3)9-5-17/h16-19H,4-15H2,1-3H3/t19-/m0/s1. The van der Waals surface area contributed by atoms with Crippen molar-refractivity contribution in [3.63, 3.8) is 0 Å². The fourth-order valence-electron chi connectivity index (χ4n) is 4.51. The van der Waals surface area contributed by atoms with Gasteiger partial charge in [0.15, 0.2) is 0 Å². The zero-order chi connectivity index (χ0) is 16.2. The lowest BCUT2D eigenvalue weighted by atomic mass is 9.94. The SMILES string of the molecule is CC(C)[C@@H]1CN(C2CCN(CC3CCN(C)CC3)CC2)CCO1. The Labute approximate surface area is 143 Å². The van der Waals surface area contributed by atoms with Crippen molar-refractivity contribution in [1.29, 1.82) is 0 Å². The average Bonchev–Trinajstić information content (AvgIpc) is 2.58. The van der Waals surface area contributed by atoms with Gasteiger partial charge in [-0.05, 0) is 70.7 Å². The molecule has 0 aliphatic carbocycles. The summed E-state index contributed by atoms with van der Waals surface area (Å²) in [6, 6.07) is 0.800. The van der Waals surface area contributed by atoms with Gasteiger partial charge >= 0.3 is 0 Å². The van der Waals surface area contributed by atoms with Gasteiger partial charge in [0.1, 0.15) is 0 Å². The Hall–Kier alpha value is -0.160. The molecule has 0 saturated carbocycles. The van der Waals surface area contributed by atoms with Crippen LogP contribution in [0.15, 0.2) is 0 Å². The molecular weight excluding hydrogens is 286 g/mol. The Morgan fingerprint density at radius 1 is 0.957 bits per heavy atom. The molecule has 0 aromatic rings. The van der Waals surface area contributed by atoms with Crippen LogP contribution in [-0.2, 0) is 4.74 Å². The maximum Gasteiger partial charge on any atom is 0.0725 e. The van der Waals surface area contributed by atoms with Gasteiger partial charge in [-0.3, -0.25) is 4.90 Å². The first-order valence-corrected chi connectivity index (χ1v) is 9.88. The summed E-state index contributed by atoms with van der Waals surface area (Å²) < 4.78 is 5.93. The molecular formula is C19H37N3O. The zero-order valence-electron chi connectivity index (χ0n) is 15.5. The average molecular weight is 324 g/mol. The van der Waals surface area contributed by atoms with Gasteiger partial charge in [-0.1, -0.05) is 13.8 Å². The van der Waals surface area contributed by atoms with E-state index in [1.807, 2.05) is 0 Å². The van der Waals surface area contributed by atoms with Crippen LogP contribution in [0, 0.1) is 11.8 Å². The molecule has 3 aliphatic heterocycles. The number of hydrogen-bond donors (Lipinski definition) is 0.